The second kappa shape index (κ2) is 11.9. The third kappa shape index (κ3) is 6.64. The van der Waals surface area contributed by atoms with Gasteiger partial charge in [0, 0.05) is 21.3 Å². The van der Waals surface area contributed by atoms with Crippen molar-refractivity contribution in [3.8, 4) is 17.6 Å². The summed E-state index contributed by atoms with van der Waals surface area (Å²) in [5, 5.41) is 13.4. The van der Waals surface area contributed by atoms with Gasteiger partial charge in [0.25, 0.3) is 5.91 Å². The van der Waals surface area contributed by atoms with E-state index >= 15 is 0 Å². The van der Waals surface area contributed by atoms with Gasteiger partial charge >= 0.3 is 0 Å². The van der Waals surface area contributed by atoms with Gasteiger partial charge in [-0.3, -0.25) is 4.79 Å². The first-order valence-electron chi connectivity index (χ1n) is 10.3. The van der Waals surface area contributed by atoms with E-state index < -0.39 is 5.91 Å². The van der Waals surface area contributed by atoms with Crippen molar-refractivity contribution in [3.05, 3.63) is 106 Å². The Morgan fingerprint density at radius 2 is 1.88 bits per heavy atom. The number of allylic oxidation sites excluding steroid dienone is 1. The van der Waals surface area contributed by atoms with E-state index in [-0.39, 0.29) is 5.57 Å². The molecule has 0 aliphatic heterocycles. The second-order valence-corrected chi connectivity index (χ2v) is 8.13. The van der Waals surface area contributed by atoms with Gasteiger partial charge in [0.15, 0.2) is 11.5 Å². The Labute approximate surface area is 208 Å². The van der Waals surface area contributed by atoms with Crippen LogP contribution in [0.4, 0.5) is 5.69 Å². The largest absolute Gasteiger partial charge is 0.493 e. The first kappa shape index (κ1) is 24.9. The number of halogens is 2. The van der Waals surface area contributed by atoms with Gasteiger partial charge in [0.1, 0.15) is 18.2 Å². The fraction of sp³-hybridized carbons (Fsp3) is 0.111. The molecule has 0 unspecified atom stereocenters. The van der Waals surface area contributed by atoms with Crippen LogP contribution in [0.3, 0.4) is 0 Å². The average Bonchev–Trinajstić information content (AvgIpc) is 2.82. The van der Waals surface area contributed by atoms with Gasteiger partial charge < -0.3 is 14.8 Å². The van der Waals surface area contributed by atoms with Crippen LogP contribution in [-0.4, -0.2) is 13.0 Å². The summed E-state index contributed by atoms with van der Waals surface area (Å²) < 4.78 is 11.6. The maximum absolute atomic E-state index is 12.6. The van der Waals surface area contributed by atoms with Gasteiger partial charge in [-0.15, -0.1) is 6.58 Å². The highest BCUT2D eigenvalue weighted by Crippen LogP contribution is 2.35. The number of rotatable bonds is 9. The van der Waals surface area contributed by atoms with Gasteiger partial charge in [-0.25, -0.2) is 0 Å². The van der Waals surface area contributed by atoms with Crippen LogP contribution in [0.2, 0.25) is 10.0 Å². The number of nitrogens with zero attached hydrogens (tertiary/aromatic N) is 1. The highest BCUT2D eigenvalue weighted by atomic mass is 35.5. The Balaban J connectivity index is 1.89. The van der Waals surface area contributed by atoms with Gasteiger partial charge in [-0.1, -0.05) is 47.5 Å². The summed E-state index contributed by atoms with van der Waals surface area (Å²) in [6, 6.07) is 19.6. The highest BCUT2D eigenvalue weighted by molar-refractivity contribution is 6.31. The van der Waals surface area contributed by atoms with Crippen LogP contribution in [0.15, 0.2) is 78.9 Å². The van der Waals surface area contributed by atoms with Crippen molar-refractivity contribution in [2.24, 2.45) is 0 Å². The molecule has 0 aliphatic carbocycles. The molecule has 3 aromatic carbocycles. The zero-order chi connectivity index (χ0) is 24.5. The molecule has 172 valence electrons. The number of carbonyl (C=O) groups excluding carboxylic acids is 1. The zero-order valence-electron chi connectivity index (χ0n) is 18.5. The summed E-state index contributed by atoms with van der Waals surface area (Å²) >= 11 is 11.9. The van der Waals surface area contributed by atoms with Crippen molar-refractivity contribution in [2.75, 3.05) is 12.4 Å². The Hall–Kier alpha value is -3.72. The normalized spacial score (nSPS) is 10.8. The highest BCUT2D eigenvalue weighted by Gasteiger charge is 2.15. The van der Waals surface area contributed by atoms with Crippen molar-refractivity contribution < 1.29 is 14.3 Å². The molecule has 0 fully saturated rings. The maximum atomic E-state index is 12.6. The number of nitriles is 1. The third-order valence-corrected chi connectivity index (χ3v) is 5.28. The smallest absolute Gasteiger partial charge is 0.266 e. The molecule has 0 bridgehead atoms. The van der Waals surface area contributed by atoms with Crippen LogP contribution in [-0.2, 0) is 17.8 Å². The number of nitrogens with one attached hydrogen (secondary N) is 1. The molecule has 1 N–H and O–H groups in total. The Kier molecular flexibility index (Phi) is 8.75. The van der Waals surface area contributed by atoms with E-state index in [9.17, 15) is 10.1 Å². The van der Waals surface area contributed by atoms with Crippen molar-refractivity contribution >= 4 is 40.9 Å². The van der Waals surface area contributed by atoms with Crippen molar-refractivity contribution in [1.29, 1.82) is 5.26 Å². The molecule has 0 saturated heterocycles. The molecular weight excluding hydrogens is 471 g/mol. The number of hydrogen-bond donors (Lipinski definition) is 1. The molecule has 0 saturated carbocycles. The van der Waals surface area contributed by atoms with Gasteiger partial charge in [-0.05, 0) is 66.1 Å². The average molecular weight is 493 g/mol. The predicted octanol–water partition coefficient (Wildman–Crippen LogP) is 6.86. The SMILES string of the molecule is C=CCc1cc(/C=C(\C#N)C(=O)Nc2cccc(Cl)c2)cc(OC)c1OCc1ccc(Cl)cc1. The summed E-state index contributed by atoms with van der Waals surface area (Å²) in [4.78, 5) is 12.6. The van der Waals surface area contributed by atoms with Gasteiger partial charge in [-0.2, -0.15) is 5.26 Å². The molecule has 0 radical (unpaired) electrons. The van der Waals surface area contributed by atoms with E-state index in [2.05, 4.69) is 11.9 Å². The second-order valence-electron chi connectivity index (χ2n) is 7.25. The first-order chi connectivity index (χ1) is 16.4. The minimum Gasteiger partial charge on any atom is -0.493 e. The fourth-order valence-electron chi connectivity index (χ4n) is 3.21. The molecule has 0 aliphatic rings. The van der Waals surface area contributed by atoms with Crippen LogP contribution in [0.1, 0.15) is 16.7 Å². The van der Waals surface area contributed by atoms with E-state index in [1.165, 1.54) is 13.2 Å². The van der Waals surface area contributed by atoms with E-state index in [1.54, 1.807) is 48.5 Å². The number of methoxy groups -OCH3 is 1. The van der Waals surface area contributed by atoms with Crippen LogP contribution in [0.25, 0.3) is 6.08 Å². The van der Waals surface area contributed by atoms with Crippen LogP contribution in [0.5, 0.6) is 11.5 Å². The summed E-state index contributed by atoms with van der Waals surface area (Å²) in [7, 11) is 1.53. The Bertz CT molecular complexity index is 1260. The molecule has 0 atom stereocenters. The van der Waals surface area contributed by atoms with Crippen LogP contribution < -0.4 is 14.8 Å². The molecule has 3 rings (SSSR count). The Morgan fingerprint density at radius 3 is 2.53 bits per heavy atom. The van der Waals surface area contributed by atoms with E-state index in [1.807, 2.05) is 24.3 Å². The van der Waals surface area contributed by atoms with Gasteiger partial charge in [0.05, 0.1) is 7.11 Å². The first-order valence-corrected chi connectivity index (χ1v) is 11.1. The minimum atomic E-state index is -0.544. The molecule has 7 heteroatoms. The van der Waals surface area contributed by atoms with E-state index in [4.69, 9.17) is 32.7 Å². The van der Waals surface area contributed by atoms with Crippen LogP contribution >= 0.6 is 23.2 Å². The third-order valence-electron chi connectivity index (χ3n) is 4.79. The lowest BCUT2D eigenvalue weighted by Gasteiger charge is -2.16. The molecule has 0 spiro atoms. The molecule has 3 aromatic rings. The summed E-state index contributed by atoms with van der Waals surface area (Å²) in [6.07, 6.45) is 3.75. The molecule has 34 heavy (non-hydrogen) atoms. The molecule has 0 aromatic heterocycles. The number of anilines is 1. The number of ether oxygens (including phenoxy) is 2. The van der Waals surface area contributed by atoms with Crippen LogP contribution in [0, 0.1) is 11.3 Å². The minimum absolute atomic E-state index is 0.0681. The van der Waals surface area contributed by atoms with Crippen molar-refractivity contribution in [3.63, 3.8) is 0 Å². The van der Waals surface area contributed by atoms with Gasteiger partial charge in [0.2, 0.25) is 0 Å². The van der Waals surface area contributed by atoms with E-state index in [0.717, 1.165) is 11.1 Å². The van der Waals surface area contributed by atoms with E-state index in [0.29, 0.717) is 45.8 Å². The summed E-state index contributed by atoms with van der Waals surface area (Å²) in [5.74, 6) is 0.501. The van der Waals surface area contributed by atoms with Crippen molar-refractivity contribution in [1.82, 2.24) is 0 Å². The monoisotopic (exact) mass is 492 g/mol. The predicted molar refractivity (Wildman–Crippen MR) is 136 cm³/mol. The number of amides is 1. The molecule has 5 nitrogen and oxygen atoms in total. The summed E-state index contributed by atoms with van der Waals surface area (Å²) in [5.41, 5.74) is 2.80. The number of carbonyl (C=O) groups is 1. The number of hydrogen-bond acceptors (Lipinski definition) is 4. The molecular formula is C27H22Cl2N2O3. The molecule has 1 amide bonds. The summed E-state index contributed by atoms with van der Waals surface area (Å²) in [6.45, 7) is 4.13. The maximum Gasteiger partial charge on any atom is 0.266 e. The zero-order valence-corrected chi connectivity index (χ0v) is 20.0. The lowest BCUT2D eigenvalue weighted by atomic mass is 10.0. The standard InChI is InChI=1S/C27H22Cl2N2O3/c1-3-5-20-12-19(13-21(16-30)27(32)31-24-7-4-6-23(29)15-24)14-25(33-2)26(20)34-17-18-8-10-22(28)11-9-18/h3-4,6-15H,1,5,17H2,2H3,(H,31,32)/b21-13+. The lowest BCUT2D eigenvalue weighted by molar-refractivity contribution is -0.112. The number of benzene rings is 3. The fourth-order valence-corrected chi connectivity index (χ4v) is 3.52. The molecule has 0 heterocycles. The lowest BCUT2D eigenvalue weighted by Crippen LogP contribution is -2.13. The van der Waals surface area contributed by atoms with Crippen molar-refractivity contribution in [2.45, 2.75) is 13.0 Å². The quantitative estimate of drug-likeness (QED) is 0.201. The Morgan fingerprint density at radius 1 is 1.12 bits per heavy atom. The topological polar surface area (TPSA) is 71.4 Å².